The highest BCUT2D eigenvalue weighted by Gasteiger charge is 2.09. The number of nitrogens with two attached hydrogens (primary N) is 1. The van der Waals surface area contributed by atoms with Gasteiger partial charge in [0.1, 0.15) is 0 Å². The molecule has 0 amide bonds. The summed E-state index contributed by atoms with van der Waals surface area (Å²) in [6, 6.07) is 7.79. The van der Waals surface area contributed by atoms with E-state index in [-0.39, 0.29) is 5.92 Å². The van der Waals surface area contributed by atoms with Crippen LogP contribution < -0.4 is 15.2 Å². The van der Waals surface area contributed by atoms with Crippen molar-refractivity contribution in [2.24, 2.45) is 11.7 Å². The Bertz CT molecular complexity index is 385. The van der Waals surface area contributed by atoms with Gasteiger partial charge >= 0.3 is 0 Å². The van der Waals surface area contributed by atoms with E-state index in [1.807, 2.05) is 18.2 Å². The van der Waals surface area contributed by atoms with Crippen LogP contribution >= 0.6 is 0 Å². The Morgan fingerprint density at radius 2 is 2.00 bits per heavy atom. The molecule has 0 aliphatic carbocycles. The van der Waals surface area contributed by atoms with Crippen LogP contribution in [-0.4, -0.2) is 20.8 Å². The van der Waals surface area contributed by atoms with E-state index in [9.17, 15) is 0 Å². The van der Waals surface area contributed by atoms with Crippen LogP contribution in [0.2, 0.25) is 0 Å². The molecule has 1 aromatic rings. The molecule has 4 heteroatoms. The smallest absolute Gasteiger partial charge is 0.160 e. The van der Waals surface area contributed by atoms with Gasteiger partial charge in [0.15, 0.2) is 11.5 Å². The minimum atomic E-state index is -0.155. The maximum atomic E-state index is 8.83. The van der Waals surface area contributed by atoms with Gasteiger partial charge in [0.25, 0.3) is 0 Å². The highest BCUT2D eigenvalue weighted by atomic mass is 16.5. The summed E-state index contributed by atoms with van der Waals surface area (Å²) in [5, 5.41) is 8.83. The fourth-order valence-corrected chi connectivity index (χ4v) is 1.47. The SMILES string of the molecule is COc1ccc(C[C@@H](C#N)CN)cc1OC. The fourth-order valence-electron chi connectivity index (χ4n) is 1.47. The van der Waals surface area contributed by atoms with Crippen molar-refractivity contribution in [3.63, 3.8) is 0 Å². The first-order valence-corrected chi connectivity index (χ1v) is 5.05. The van der Waals surface area contributed by atoms with Gasteiger partial charge < -0.3 is 15.2 Å². The zero-order chi connectivity index (χ0) is 12.0. The van der Waals surface area contributed by atoms with E-state index in [1.165, 1.54) is 0 Å². The molecule has 1 aromatic carbocycles. The predicted molar refractivity (Wildman–Crippen MR) is 61.4 cm³/mol. The Hall–Kier alpha value is -1.73. The molecule has 0 saturated heterocycles. The van der Waals surface area contributed by atoms with Crippen LogP contribution in [0, 0.1) is 17.2 Å². The molecule has 0 bridgehead atoms. The van der Waals surface area contributed by atoms with Crippen LogP contribution in [0.25, 0.3) is 0 Å². The van der Waals surface area contributed by atoms with Crippen molar-refractivity contribution in [1.29, 1.82) is 5.26 Å². The first-order valence-electron chi connectivity index (χ1n) is 5.05. The van der Waals surface area contributed by atoms with E-state index in [4.69, 9.17) is 20.5 Å². The van der Waals surface area contributed by atoms with Crippen LogP contribution in [0.1, 0.15) is 5.56 Å². The van der Waals surface area contributed by atoms with Crippen molar-refractivity contribution in [2.45, 2.75) is 6.42 Å². The van der Waals surface area contributed by atoms with Crippen molar-refractivity contribution in [1.82, 2.24) is 0 Å². The second kappa shape index (κ2) is 5.99. The quantitative estimate of drug-likeness (QED) is 0.813. The van der Waals surface area contributed by atoms with Crippen molar-refractivity contribution >= 4 is 0 Å². The molecule has 1 atom stereocenters. The average molecular weight is 220 g/mol. The van der Waals surface area contributed by atoms with E-state index < -0.39 is 0 Å². The highest BCUT2D eigenvalue weighted by molar-refractivity contribution is 5.43. The van der Waals surface area contributed by atoms with Crippen LogP contribution in [0.5, 0.6) is 11.5 Å². The summed E-state index contributed by atoms with van der Waals surface area (Å²) in [6.07, 6.45) is 0.632. The largest absolute Gasteiger partial charge is 0.493 e. The first kappa shape index (κ1) is 12.3. The van der Waals surface area contributed by atoms with Crippen molar-refractivity contribution in [3.05, 3.63) is 23.8 Å². The summed E-state index contributed by atoms with van der Waals surface area (Å²) in [5.74, 6) is 1.21. The highest BCUT2D eigenvalue weighted by Crippen LogP contribution is 2.28. The Kier molecular flexibility index (Phi) is 4.62. The summed E-state index contributed by atoms with van der Waals surface area (Å²) in [5.41, 5.74) is 6.50. The molecule has 1 rings (SSSR count). The number of methoxy groups -OCH3 is 2. The van der Waals surface area contributed by atoms with Gasteiger partial charge in [-0.2, -0.15) is 5.26 Å². The number of hydrogen-bond donors (Lipinski definition) is 1. The van der Waals surface area contributed by atoms with Gasteiger partial charge in [0.05, 0.1) is 26.2 Å². The second-order valence-electron chi connectivity index (χ2n) is 3.46. The lowest BCUT2D eigenvalue weighted by Gasteiger charge is -2.11. The Morgan fingerprint density at radius 3 is 2.50 bits per heavy atom. The fraction of sp³-hybridized carbons (Fsp3) is 0.417. The van der Waals surface area contributed by atoms with Gasteiger partial charge in [-0.05, 0) is 24.1 Å². The van der Waals surface area contributed by atoms with Gasteiger partial charge in [-0.25, -0.2) is 0 Å². The van der Waals surface area contributed by atoms with Gasteiger partial charge in [0, 0.05) is 6.54 Å². The van der Waals surface area contributed by atoms with Crippen LogP contribution in [0.15, 0.2) is 18.2 Å². The van der Waals surface area contributed by atoms with Crippen LogP contribution in [0.4, 0.5) is 0 Å². The van der Waals surface area contributed by atoms with E-state index >= 15 is 0 Å². The third-order valence-corrected chi connectivity index (χ3v) is 2.40. The van der Waals surface area contributed by atoms with E-state index in [1.54, 1.807) is 14.2 Å². The molecule has 0 aromatic heterocycles. The molecule has 0 unspecified atom stereocenters. The number of rotatable bonds is 5. The van der Waals surface area contributed by atoms with E-state index in [0.29, 0.717) is 24.5 Å². The molecule has 0 spiro atoms. The Labute approximate surface area is 95.6 Å². The lowest BCUT2D eigenvalue weighted by atomic mass is 10.0. The molecule has 4 nitrogen and oxygen atoms in total. The number of nitrogens with zero attached hydrogens (tertiary/aromatic N) is 1. The monoisotopic (exact) mass is 220 g/mol. The third kappa shape index (κ3) is 2.88. The zero-order valence-electron chi connectivity index (χ0n) is 9.56. The first-order chi connectivity index (χ1) is 7.74. The normalized spacial score (nSPS) is 11.6. The molecule has 0 radical (unpaired) electrons. The molecule has 0 aliphatic heterocycles. The second-order valence-corrected chi connectivity index (χ2v) is 3.46. The maximum absolute atomic E-state index is 8.83. The zero-order valence-corrected chi connectivity index (χ0v) is 9.56. The van der Waals surface area contributed by atoms with Crippen molar-refractivity contribution < 1.29 is 9.47 Å². The van der Waals surface area contributed by atoms with Gasteiger partial charge in [0.2, 0.25) is 0 Å². The molecular weight excluding hydrogens is 204 g/mol. The molecule has 16 heavy (non-hydrogen) atoms. The number of nitriles is 1. The lowest BCUT2D eigenvalue weighted by Crippen LogP contribution is -2.14. The van der Waals surface area contributed by atoms with Gasteiger partial charge in [-0.15, -0.1) is 0 Å². The topological polar surface area (TPSA) is 68.3 Å². The Morgan fingerprint density at radius 1 is 1.31 bits per heavy atom. The standard InChI is InChI=1S/C12H16N2O2/c1-15-11-4-3-9(6-12(11)16-2)5-10(7-13)8-14/h3-4,6,10H,5,7,13H2,1-2H3/t10-/m1/s1. The molecule has 0 fully saturated rings. The van der Waals surface area contributed by atoms with E-state index in [0.717, 1.165) is 5.56 Å². The molecule has 86 valence electrons. The van der Waals surface area contributed by atoms with Crippen LogP contribution in [-0.2, 0) is 6.42 Å². The summed E-state index contributed by atoms with van der Waals surface area (Å²) in [7, 11) is 3.18. The number of hydrogen-bond acceptors (Lipinski definition) is 4. The summed E-state index contributed by atoms with van der Waals surface area (Å²) < 4.78 is 10.3. The minimum absolute atomic E-state index is 0.155. The van der Waals surface area contributed by atoms with Crippen molar-refractivity contribution in [2.75, 3.05) is 20.8 Å². The van der Waals surface area contributed by atoms with Crippen LogP contribution in [0.3, 0.4) is 0 Å². The summed E-state index contributed by atoms with van der Waals surface area (Å²) >= 11 is 0. The average Bonchev–Trinajstić information content (AvgIpc) is 2.35. The third-order valence-electron chi connectivity index (χ3n) is 2.40. The molecule has 0 heterocycles. The molecule has 2 N–H and O–H groups in total. The Balaban J connectivity index is 2.87. The molecule has 0 saturated carbocycles. The predicted octanol–water partition coefficient (Wildman–Crippen LogP) is 1.34. The van der Waals surface area contributed by atoms with E-state index in [2.05, 4.69) is 6.07 Å². The summed E-state index contributed by atoms with van der Waals surface area (Å²) in [4.78, 5) is 0. The number of benzene rings is 1. The number of ether oxygens (including phenoxy) is 2. The minimum Gasteiger partial charge on any atom is -0.493 e. The molecular formula is C12H16N2O2. The summed E-state index contributed by atoms with van der Waals surface area (Å²) in [6.45, 7) is 0.366. The molecule has 0 aliphatic rings. The van der Waals surface area contributed by atoms with Gasteiger partial charge in [-0.1, -0.05) is 6.07 Å². The van der Waals surface area contributed by atoms with Crippen molar-refractivity contribution in [3.8, 4) is 17.6 Å². The lowest BCUT2D eigenvalue weighted by molar-refractivity contribution is 0.354. The van der Waals surface area contributed by atoms with Gasteiger partial charge in [-0.3, -0.25) is 0 Å². The maximum Gasteiger partial charge on any atom is 0.160 e.